The molecule has 0 amide bonds. The third-order valence-corrected chi connectivity index (χ3v) is 4.26. The summed E-state index contributed by atoms with van der Waals surface area (Å²) >= 11 is 5.17. The zero-order valence-electron chi connectivity index (χ0n) is 10.6. The molecule has 0 aliphatic rings. The Morgan fingerprint density at radius 3 is 2.74 bits per heavy atom. The van der Waals surface area contributed by atoms with E-state index in [1.165, 1.54) is 11.2 Å². The van der Waals surface area contributed by atoms with E-state index >= 15 is 0 Å². The first-order chi connectivity index (χ1) is 9.24. The molecule has 0 bridgehead atoms. The number of nitrogens with two attached hydrogens (primary N) is 1. The predicted molar refractivity (Wildman–Crippen MR) is 83.2 cm³/mol. The van der Waals surface area contributed by atoms with Gasteiger partial charge in [-0.05, 0) is 34.5 Å². The number of halogens is 1. The van der Waals surface area contributed by atoms with Crippen LogP contribution in [0.15, 0.2) is 22.2 Å². The van der Waals surface area contributed by atoms with Gasteiger partial charge < -0.3 is 10.7 Å². The Kier molecular flexibility index (Phi) is 5.12. The van der Waals surface area contributed by atoms with Crippen molar-refractivity contribution in [1.82, 2.24) is 9.97 Å². The summed E-state index contributed by atoms with van der Waals surface area (Å²) in [5.41, 5.74) is 3.66. The molecule has 0 aliphatic carbocycles. The Morgan fingerprint density at radius 2 is 2.11 bits per heavy atom. The van der Waals surface area contributed by atoms with Crippen LogP contribution in [0.1, 0.15) is 23.8 Å². The van der Waals surface area contributed by atoms with E-state index in [0.717, 1.165) is 34.6 Å². The Bertz CT molecular complexity index is 543. The number of rotatable bonds is 6. The van der Waals surface area contributed by atoms with Crippen LogP contribution in [-0.4, -0.2) is 9.97 Å². The van der Waals surface area contributed by atoms with E-state index in [-0.39, 0.29) is 0 Å². The fourth-order valence-electron chi connectivity index (χ4n) is 1.79. The normalized spacial score (nSPS) is 10.5. The van der Waals surface area contributed by atoms with E-state index in [2.05, 4.69) is 49.6 Å². The maximum atomic E-state index is 5.49. The first-order valence-corrected chi connectivity index (χ1v) is 7.64. The Morgan fingerprint density at radius 1 is 1.32 bits per heavy atom. The Balaban J connectivity index is 2.14. The molecule has 0 aromatic carbocycles. The lowest BCUT2D eigenvalue weighted by molar-refractivity contribution is 0.897. The summed E-state index contributed by atoms with van der Waals surface area (Å²) in [6.45, 7) is 2.86. The molecule has 19 heavy (non-hydrogen) atoms. The van der Waals surface area contributed by atoms with Crippen LogP contribution in [0.5, 0.6) is 0 Å². The minimum atomic E-state index is 0.687. The molecule has 102 valence electrons. The molecule has 0 fully saturated rings. The van der Waals surface area contributed by atoms with E-state index in [0.29, 0.717) is 5.82 Å². The van der Waals surface area contributed by atoms with Crippen LogP contribution < -0.4 is 16.6 Å². The van der Waals surface area contributed by atoms with Crippen LogP contribution in [0.25, 0.3) is 0 Å². The highest BCUT2D eigenvalue weighted by Crippen LogP contribution is 2.25. The zero-order chi connectivity index (χ0) is 13.7. The van der Waals surface area contributed by atoms with E-state index in [1.807, 2.05) is 6.07 Å². The van der Waals surface area contributed by atoms with Gasteiger partial charge in [0.25, 0.3) is 0 Å². The van der Waals surface area contributed by atoms with Crippen LogP contribution in [0.3, 0.4) is 0 Å². The van der Waals surface area contributed by atoms with Gasteiger partial charge in [0, 0.05) is 10.4 Å². The molecule has 0 spiro atoms. The lowest BCUT2D eigenvalue weighted by atomic mass is 10.1. The average molecular weight is 342 g/mol. The highest BCUT2D eigenvalue weighted by Gasteiger charge is 2.10. The van der Waals surface area contributed by atoms with E-state index in [4.69, 9.17) is 5.84 Å². The minimum absolute atomic E-state index is 0.687. The summed E-state index contributed by atoms with van der Waals surface area (Å²) in [5, 5.41) is 3.35. The monoisotopic (exact) mass is 341 g/mol. The lowest BCUT2D eigenvalue weighted by Crippen LogP contribution is -2.14. The van der Waals surface area contributed by atoms with Crippen LogP contribution in [0.2, 0.25) is 0 Å². The largest absolute Gasteiger partial charge is 0.365 e. The van der Waals surface area contributed by atoms with Crippen molar-refractivity contribution in [2.24, 2.45) is 5.84 Å². The quantitative estimate of drug-likeness (QED) is 0.555. The molecule has 5 nitrogen and oxygen atoms in total. The molecule has 2 aromatic heterocycles. The van der Waals surface area contributed by atoms with E-state index < -0.39 is 0 Å². The second kappa shape index (κ2) is 6.83. The molecular weight excluding hydrogens is 326 g/mol. The number of aromatic nitrogens is 2. The van der Waals surface area contributed by atoms with Crippen LogP contribution in [0, 0.1) is 0 Å². The molecule has 0 saturated carbocycles. The number of nitrogen functional groups attached to an aromatic ring is 1. The van der Waals surface area contributed by atoms with Gasteiger partial charge in [-0.15, -0.1) is 11.3 Å². The van der Waals surface area contributed by atoms with Crippen LogP contribution in [0.4, 0.5) is 11.6 Å². The van der Waals surface area contributed by atoms with Crippen molar-refractivity contribution in [3.05, 3.63) is 32.7 Å². The molecule has 0 saturated heterocycles. The van der Waals surface area contributed by atoms with Crippen LogP contribution >= 0.6 is 27.3 Å². The van der Waals surface area contributed by atoms with Crippen molar-refractivity contribution in [3.63, 3.8) is 0 Å². The van der Waals surface area contributed by atoms with Crippen molar-refractivity contribution < 1.29 is 0 Å². The van der Waals surface area contributed by atoms with Crippen molar-refractivity contribution in [3.8, 4) is 0 Å². The Labute approximate surface area is 124 Å². The minimum Gasteiger partial charge on any atom is -0.365 e. The third kappa shape index (κ3) is 3.65. The molecule has 7 heteroatoms. The second-order valence-electron chi connectivity index (χ2n) is 4.00. The summed E-state index contributed by atoms with van der Waals surface area (Å²) in [7, 11) is 0. The van der Waals surface area contributed by atoms with Gasteiger partial charge in [-0.3, -0.25) is 0 Å². The lowest BCUT2D eigenvalue weighted by Gasteiger charge is -2.12. The van der Waals surface area contributed by atoms with Gasteiger partial charge in [0.15, 0.2) is 0 Å². The van der Waals surface area contributed by atoms with Crippen LogP contribution in [-0.2, 0) is 13.0 Å². The third-order valence-electron chi connectivity index (χ3n) is 2.64. The zero-order valence-corrected chi connectivity index (χ0v) is 13.0. The van der Waals surface area contributed by atoms with Crippen molar-refractivity contribution in [2.75, 3.05) is 10.7 Å². The van der Waals surface area contributed by atoms with E-state index in [1.54, 1.807) is 11.3 Å². The van der Waals surface area contributed by atoms with E-state index in [9.17, 15) is 0 Å². The van der Waals surface area contributed by atoms with Gasteiger partial charge in [-0.1, -0.05) is 13.3 Å². The molecule has 0 aliphatic heterocycles. The molecule has 0 unspecified atom stereocenters. The topological polar surface area (TPSA) is 75.9 Å². The number of thiophene rings is 1. The number of nitrogens with zero attached hydrogens (tertiary/aromatic N) is 2. The summed E-state index contributed by atoms with van der Waals surface area (Å²) < 4.78 is 1.13. The molecule has 2 aromatic rings. The van der Waals surface area contributed by atoms with Crippen molar-refractivity contribution >= 4 is 38.9 Å². The average Bonchev–Trinajstić information content (AvgIpc) is 2.83. The highest BCUT2D eigenvalue weighted by molar-refractivity contribution is 9.11. The second-order valence-corrected chi connectivity index (χ2v) is 6.55. The summed E-state index contributed by atoms with van der Waals surface area (Å²) in [5.74, 6) is 7.02. The highest BCUT2D eigenvalue weighted by atomic mass is 79.9. The maximum absolute atomic E-state index is 5.49. The fraction of sp³-hybridized carbons (Fsp3) is 0.333. The number of nitrogens with one attached hydrogen (secondary N) is 2. The number of hydrazine groups is 1. The molecule has 2 heterocycles. The fourth-order valence-corrected chi connectivity index (χ4v) is 3.22. The number of hydrogen-bond donors (Lipinski definition) is 3. The molecule has 4 N–H and O–H groups in total. The molecule has 0 atom stereocenters. The Hall–Kier alpha value is -1.18. The number of anilines is 2. The first kappa shape index (κ1) is 14.2. The molecule has 2 rings (SSSR count). The van der Waals surface area contributed by atoms with Gasteiger partial charge >= 0.3 is 0 Å². The van der Waals surface area contributed by atoms with Gasteiger partial charge in [-0.2, -0.15) is 0 Å². The molecular formula is C12H16BrN5S. The van der Waals surface area contributed by atoms with Crippen molar-refractivity contribution in [2.45, 2.75) is 26.3 Å². The SMILES string of the molecule is CCCc1c(NN)ncnc1NCc1ccc(Br)s1. The summed E-state index contributed by atoms with van der Waals surface area (Å²) in [6, 6.07) is 4.13. The molecule has 0 radical (unpaired) electrons. The van der Waals surface area contributed by atoms with Gasteiger partial charge in [-0.25, -0.2) is 15.8 Å². The standard InChI is InChI=1S/C12H16BrN5S/c1-2-3-9-11(16-7-17-12(9)18-14)15-6-8-4-5-10(13)19-8/h4-5,7H,2-3,6,14H2,1H3,(H2,15,16,17,18). The van der Waals surface area contributed by atoms with Gasteiger partial charge in [0.1, 0.15) is 18.0 Å². The smallest absolute Gasteiger partial charge is 0.148 e. The first-order valence-electron chi connectivity index (χ1n) is 6.03. The van der Waals surface area contributed by atoms with Gasteiger partial charge in [0.05, 0.1) is 10.3 Å². The summed E-state index contributed by atoms with van der Waals surface area (Å²) in [6.07, 6.45) is 3.42. The predicted octanol–water partition coefficient (Wildman–Crippen LogP) is 3.15. The van der Waals surface area contributed by atoms with Crippen molar-refractivity contribution in [1.29, 1.82) is 0 Å². The number of hydrogen-bond acceptors (Lipinski definition) is 6. The maximum Gasteiger partial charge on any atom is 0.148 e. The van der Waals surface area contributed by atoms with Gasteiger partial charge in [0.2, 0.25) is 0 Å². The summed E-state index contributed by atoms with van der Waals surface area (Å²) in [4.78, 5) is 9.69.